The first-order valence-electron chi connectivity index (χ1n) is 5.70. The van der Waals surface area contributed by atoms with Gasteiger partial charge in [-0.3, -0.25) is 14.9 Å². The minimum absolute atomic E-state index is 0.136. The molecule has 7 nitrogen and oxygen atoms in total. The monoisotopic (exact) mass is 276 g/mol. The van der Waals surface area contributed by atoms with Crippen molar-refractivity contribution in [3.63, 3.8) is 0 Å². The molecule has 0 radical (unpaired) electrons. The Morgan fingerprint density at radius 3 is 2.50 bits per heavy atom. The van der Waals surface area contributed by atoms with E-state index in [1.165, 1.54) is 20.1 Å². The molecule has 1 aliphatic rings. The number of rotatable bonds is 3. The summed E-state index contributed by atoms with van der Waals surface area (Å²) in [7, 11) is 1.43. The van der Waals surface area contributed by atoms with Crippen LogP contribution in [0, 0.1) is 0 Å². The van der Waals surface area contributed by atoms with E-state index in [-0.39, 0.29) is 11.4 Å². The van der Waals surface area contributed by atoms with Crippen LogP contribution < -0.4 is 20.1 Å². The number of imide groups is 1. The van der Waals surface area contributed by atoms with Crippen molar-refractivity contribution < 1.29 is 23.9 Å². The van der Waals surface area contributed by atoms with E-state index in [0.29, 0.717) is 11.3 Å². The fraction of sp³-hybridized carbons (Fsp3) is 0.154. The Morgan fingerprint density at radius 2 is 1.95 bits per heavy atom. The van der Waals surface area contributed by atoms with Crippen LogP contribution in [-0.4, -0.2) is 25.0 Å². The lowest BCUT2D eigenvalue weighted by molar-refractivity contribution is -0.132. The molecule has 2 rings (SSSR count). The second-order valence-corrected chi connectivity index (χ2v) is 3.97. The van der Waals surface area contributed by atoms with Crippen LogP contribution in [0.5, 0.6) is 11.5 Å². The highest BCUT2D eigenvalue weighted by molar-refractivity contribution is 6.14. The summed E-state index contributed by atoms with van der Waals surface area (Å²) in [5.74, 6) is -0.337. The van der Waals surface area contributed by atoms with Crippen molar-refractivity contribution in [3.8, 4) is 11.5 Å². The minimum atomic E-state index is -0.565. The van der Waals surface area contributed by atoms with E-state index >= 15 is 0 Å². The average Bonchev–Trinajstić information content (AvgIpc) is 2.69. The van der Waals surface area contributed by atoms with Crippen LogP contribution in [0.1, 0.15) is 12.5 Å². The number of urea groups is 1. The van der Waals surface area contributed by atoms with Gasteiger partial charge < -0.3 is 14.8 Å². The van der Waals surface area contributed by atoms with Crippen molar-refractivity contribution in [3.05, 3.63) is 29.5 Å². The van der Waals surface area contributed by atoms with Crippen molar-refractivity contribution in [1.29, 1.82) is 0 Å². The summed E-state index contributed by atoms with van der Waals surface area (Å²) < 4.78 is 10.1. The zero-order valence-electron chi connectivity index (χ0n) is 10.9. The molecule has 1 fully saturated rings. The van der Waals surface area contributed by atoms with E-state index < -0.39 is 17.9 Å². The average molecular weight is 276 g/mol. The van der Waals surface area contributed by atoms with Gasteiger partial charge in [0.25, 0.3) is 5.91 Å². The topological polar surface area (TPSA) is 93.7 Å². The van der Waals surface area contributed by atoms with Crippen LogP contribution in [-0.2, 0) is 9.59 Å². The fourth-order valence-electron chi connectivity index (χ4n) is 1.66. The highest BCUT2D eigenvalue weighted by Crippen LogP contribution is 2.29. The minimum Gasteiger partial charge on any atom is -0.493 e. The maximum atomic E-state index is 11.4. The van der Waals surface area contributed by atoms with Crippen LogP contribution in [0.15, 0.2) is 23.9 Å². The zero-order chi connectivity index (χ0) is 14.7. The van der Waals surface area contributed by atoms with Crippen LogP contribution in [0.4, 0.5) is 4.79 Å². The molecule has 1 saturated heterocycles. The lowest BCUT2D eigenvalue weighted by Crippen LogP contribution is -2.22. The molecule has 1 aliphatic heterocycles. The summed E-state index contributed by atoms with van der Waals surface area (Å²) in [6.07, 6.45) is 1.49. The van der Waals surface area contributed by atoms with Crippen molar-refractivity contribution in [2.24, 2.45) is 0 Å². The standard InChI is InChI=1S/C13H12N2O5/c1-7(16)20-10-4-3-8(6-11(10)19-2)5-9-12(17)15-13(18)14-9/h3-6H,1-2H3,(H2,14,15,17,18). The van der Waals surface area contributed by atoms with Crippen molar-refractivity contribution in [2.45, 2.75) is 6.92 Å². The second-order valence-electron chi connectivity index (χ2n) is 3.97. The van der Waals surface area contributed by atoms with Gasteiger partial charge in [0.15, 0.2) is 11.5 Å². The number of amides is 3. The Hall–Kier alpha value is -2.83. The third-order valence-corrected chi connectivity index (χ3v) is 2.47. The summed E-state index contributed by atoms with van der Waals surface area (Å²) in [5, 5.41) is 4.47. The summed E-state index contributed by atoms with van der Waals surface area (Å²) in [5.41, 5.74) is 0.752. The Balaban J connectivity index is 2.30. The van der Waals surface area contributed by atoms with Gasteiger partial charge in [-0.15, -0.1) is 0 Å². The third-order valence-electron chi connectivity index (χ3n) is 2.47. The molecule has 0 aromatic heterocycles. The van der Waals surface area contributed by atoms with E-state index in [2.05, 4.69) is 10.6 Å². The van der Waals surface area contributed by atoms with E-state index in [9.17, 15) is 14.4 Å². The summed E-state index contributed by atoms with van der Waals surface area (Å²) in [6.45, 7) is 1.29. The lowest BCUT2D eigenvalue weighted by Gasteiger charge is -2.08. The van der Waals surface area contributed by atoms with Crippen LogP contribution in [0.2, 0.25) is 0 Å². The number of hydrogen-bond acceptors (Lipinski definition) is 5. The van der Waals surface area contributed by atoms with Gasteiger partial charge in [-0.1, -0.05) is 6.07 Å². The SMILES string of the molecule is COc1cc(C=C2NC(=O)NC2=O)ccc1OC(C)=O. The molecule has 0 saturated carbocycles. The predicted molar refractivity (Wildman–Crippen MR) is 69.0 cm³/mol. The smallest absolute Gasteiger partial charge is 0.326 e. The Bertz CT molecular complexity index is 621. The van der Waals surface area contributed by atoms with Gasteiger partial charge in [0, 0.05) is 6.92 Å². The molecule has 2 N–H and O–H groups in total. The first-order chi connectivity index (χ1) is 9.49. The van der Waals surface area contributed by atoms with E-state index in [4.69, 9.17) is 9.47 Å². The van der Waals surface area contributed by atoms with Gasteiger partial charge in [0.2, 0.25) is 0 Å². The van der Waals surface area contributed by atoms with Crippen molar-refractivity contribution in [1.82, 2.24) is 10.6 Å². The number of hydrogen-bond donors (Lipinski definition) is 2. The maximum Gasteiger partial charge on any atom is 0.326 e. The molecule has 1 aromatic carbocycles. The second kappa shape index (κ2) is 5.43. The first-order valence-corrected chi connectivity index (χ1v) is 5.70. The third kappa shape index (κ3) is 2.94. The maximum absolute atomic E-state index is 11.4. The molecule has 0 unspecified atom stereocenters. The fourth-order valence-corrected chi connectivity index (χ4v) is 1.66. The van der Waals surface area contributed by atoms with Gasteiger partial charge in [-0.2, -0.15) is 0 Å². The van der Waals surface area contributed by atoms with Crippen LogP contribution in [0.25, 0.3) is 6.08 Å². The number of nitrogens with one attached hydrogen (secondary N) is 2. The summed E-state index contributed by atoms with van der Waals surface area (Å²) in [6, 6.07) is 4.19. The molecule has 0 aliphatic carbocycles. The molecule has 7 heteroatoms. The normalized spacial score (nSPS) is 15.8. The molecule has 0 atom stereocenters. The highest BCUT2D eigenvalue weighted by Gasteiger charge is 2.22. The van der Waals surface area contributed by atoms with Crippen LogP contribution in [0.3, 0.4) is 0 Å². The van der Waals surface area contributed by atoms with E-state index in [1.807, 2.05) is 0 Å². The van der Waals surface area contributed by atoms with Gasteiger partial charge in [0.1, 0.15) is 5.70 Å². The van der Waals surface area contributed by atoms with E-state index in [0.717, 1.165) is 0 Å². The molecule has 3 amide bonds. The lowest BCUT2D eigenvalue weighted by atomic mass is 10.1. The quantitative estimate of drug-likeness (QED) is 0.368. The number of methoxy groups -OCH3 is 1. The molecule has 1 heterocycles. The largest absolute Gasteiger partial charge is 0.493 e. The molecule has 104 valence electrons. The van der Waals surface area contributed by atoms with Gasteiger partial charge in [0.05, 0.1) is 7.11 Å². The van der Waals surface area contributed by atoms with Crippen molar-refractivity contribution in [2.75, 3.05) is 7.11 Å². The summed E-state index contributed by atoms with van der Waals surface area (Å²) >= 11 is 0. The molecule has 20 heavy (non-hydrogen) atoms. The van der Waals surface area contributed by atoms with Gasteiger partial charge in [-0.25, -0.2) is 4.79 Å². The molecule has 1 aromatic rings. The Labute approximate surface area is 114 Å². The molecule has 0 spiro atoms. The van der Waals surface area contributed by atoms with Gasteiger partial charge in [-0.05, 0) is 23.8 Å². The zero-order valence-corrected chi connectivity index (χ0v) is 10.9. The number of esters is 1. The summed E-state index contributed by atoms with van der Waals surface area (Å²) in [4.78, 5) is 33.3. The highest BCUT2D eigenvalue weighted by atomic mass is 16.6. The van der Waals surface area contributed by atoms with E-state index in [1.54, 1.807) is 18.2 Å². The molecular formula is C13H12N2O5. The molecule has 0 bridgehead atoms. The number of benzene rings is 1. The van der Waals surface area contributed by atoms with Gasteiger partial charge >= 0.3 is 12.0 Å². The molecular weight excluding hydrogens is 264 g/mol. The Kier molecular flexibility index (Phi) is 3.69. The first kappa shape index (κ1) is 13.6. The predicted octanol–water partition coefficient (Wildman–Crippen LogP) is 0.801. The Morgan fingerprint density at radius 1 is 1.20 bits per heavy atom. The number of carbonyl (C=O) groups is 3. The van der Waals surface area contributed by atoms with Crippen LogP contribution >= 0.6 is 0 Å². The number of ether oxygens (including phenoxy) is 2. The number of carbonyl (C=O) groups excluding carboxylic acids is 3. The van der Waals surface area contributed by atoms with Crippen molar-refractivity contribution >= 4 is 24.0 Å².